The SMILES string of the molecule is COc1cc(N)c(Cl)cc1C(=O)NC1CCN(CC(=O)O)[C@H](O)[C@H]1C. The summed E-state index contributed by atoms with van der Waals surface area (Å²) < 4.78 is 5.18. The molecule has 25 heavy (non-hydrogen) atoms. The molecule has 1 saturated heterocycles. The number of aliphatic carboxylic acids is 1. The Morgan fingerprint density at radius 3 is 2.76 bits per heavy atom. The second-order valence-electron chi connectivity index (χ2n) is 6.08. The molecule has 1 unspecified atom stereocenters. The van der Waals surface area contributed by atoms with Crippen molar-refractivity contribution >= 4 is 29.2 Å². The molecule has 0 bridgehead atoms. The first-order chi connectivity index (χ1) is 11.7. The van der Waals surface area contributed by atoms with Crippen LogP contribution in [-0.4, -0.2) is 59.5 Å². The molecular formula is C16H22ClN3O5. The van der Waals surface area contributed by atoms with Gasteiger partial charge in [-0.2, -0.15) is 0 Å². The monoisotopic (exact) mass is 371 g/mol. The Labute approximate surface area is 150 Å². The minimum absolute atomic E-state index is 0.242. The zero-order valence-corrected chi connectivity index (χ0v) is 14.8. The summed E-state index contributed by atoms with van der Waals surface area (Å²) in [5.41, 5.74) is 6.27. The normalized spacial score (nSPS) is 23.9. The minimum atomic E-state index is -1.00. The van der Waals surface area contributed by atoms with Crippen LogP contribution in [0.2, 0.25) is 5.02 Å². The van der Waals surface area contributed by atoms with Gasteiger partial charge >= 0.3 is 5.97 Å². The van der Waals surface area contributed by atoms with Gasteiger partial charge in [0.15, 0.2) is 0 Å². The van der Waals surface area contributed by atoms with Crippen LogP contribution in [0, 0.1) is 5.92 Å². The number of anilines is 1. The lowest BCUT2D eigenvalue weighted by Gasteiger charge is -2.40. The van der Waals surface area contributed by atoms with Crippen molar-refractivity contribution in [1.82, 2.24) is 10.2 Å². The highest BCUT2D eigenvalue weighted by Gasteiger charge is 2.36. The van der Waals surface area contributed by atoms with Gasteiger partial charge in [-0.1, -0.05) is 18.5 Å². The lowest BCUT2D eigenvalue weighted by molar-refractivity contribution is -0.145. The third kappa shape index (κ3) is 4.33. The molecule has 1 amide bonds. The molecule has 1 aromatic carbocycles. The molecule has 0 spiro atoms. The number of nitrogens with two attached hydrogens (primary N) is 1. The van der Waals surface area contributed by atoms with Crippen LogP contribution >= 0.6 is 11.6 Å². The van der Waals surface area contributed by atoms with Gasteiger partial charge in [-0.3, -0.25) is 14.5 Å². The molecule has 1 aliphatic rings. The number of carboxylic acids is 1. The van der Waals surface area contributed by atoms with E-state index in [-0.39, 0.29) is 29.1 Å². The number of nitrogen functional groups attached to an aromatic ring is 1. The maximum absolute atomic E-state index is 12.6. The van der Waals surface area contributed by atoms with E-state index >= 15 is 0 Å². The lowest BCUT2D eigenvalue weighted by atomic mass is 9.91. The summed E-state index contributed by atoms with van der Waals surface area (Å²) in [6, 6.07) is 2.60. The highest BCUT2D eigenvalue weighted by Crippen LogP contribution is 2.29. The summed E-state index contributed by atoms with van der Waals surface area (Å²) in [5, 5.41) is 22.3. The number of nitrogens with one attached hydrogen (secondary N) is 1. The topological polar surface area (TPSA) is 125 Å². The Kier molecular flexibility index (Phi) is 6.10. The Hall–Kier alpha value is -2.03. The quantitative estimate of drug-likeness (QED) is 0.563. The second kappa shape index (κ2) is 7.90. The molecule has 1 fully saturated rings. The molecule has 138 valence electrons. The summed E-state index contributed by atoms with van der Waals surface area (Å²) >= 11 is 5.99. The average Bonchev–Trinajstić information content (AvgIpc) is 2.56. The maximum Gasteiger partial charge on any atom is 0.317 e. The van der Waals surface area contributed by atoms with Crippen LogP contribution in [0.1, 0.15) is 23.7 Å². The van der Waals surface area contributed by atoms with Crippen molar-refractivity contribution in [1.29, 1.82) is 0 Å². The Bertz CT molecular complexity index is 669. The number of piperidine rings is 1. The lowest BCUT2D eigenvalue weighted by Crippen LogP contribution is -2.56. The van der Waals surface area contributed by atoms with Crippen molar-refractivity contribution < 1.29 is 24.5 Å². The van der Waals surface area contributed by atoms with Gasteiger partial charge in [0.25, 0.3) is 5.91 Å². The van der Waals surface area contributed by atoms with E-state index in [4.69, 9.17) is 27.2 Å². The molecule has 1 aromatic rings. The highest BCUT2D eigenvalue weighted by atomic mass is 35.5. The molecule has 3 atom stereocenters. The fourth-order valence-corrected chi connectivity index (χ4v) is 3.12. The predicted molar refractivity (Wildman–Crippen MR) is 92.7 cm³/mol. The zero-order valence-electron chi connectivity index (χ0n) is 14.0. The van der Waals surface area contributed by atoms with Crippen molar-refractivity contribution in [3.05, 3.63) is 22.7 Å². The van der Waals surface area contributed by atoms with Gasteiger partial charge < -0.3 is 26.0 Å². The number of benzene rings is 1. The van der Waals surface area contributed by atoms with Crippen LogP contribution < -0.4 is 15.8 Å². The van der Waals surface area contributed by atoms with Gasteiger partial charge in [0.2, 0.25) is 0 Å². The molecule has 0 aliphatic carbocycles. The number of nitrogens with zero attached hydrogens (tertiary/aromatic N) is 1. The Morgan fingerprint density at radius 1 is 1.48 bits per heavy atom. The van der Waals surface area contributed by atoms with E-state index in [0.29, 0.717) is 24.4 Å². The number of hydrogen-bond acceptors (Lipinski definition) is 6. The molecule has 5 N–H and O–H groups in total. The van der Waals surface area contributed by atoms with Gasteiger partial charge in [0.1, 0.15) is 12.0 Å². The van der Waals surface area contributed by atoms with Gasteiger partial charge in [-0.15, -0.1) is 0 Å². The molecule has 8 nitrogen and oxygen atoms in total. The number of methoxy groups -OCH3 is 1. The summed E-state index contributed by atoms with van der Waals surface area (Å²) in [6.45, 7) is 1.88. The molecule has 0 saturated carbocycles. The van der Waals surface area contributed by atoms with Crippen molar-refractivity contribution in [3.63, 3.8) is 0 Å². The van der Waals surface area contributed by atoms with E-state index < -0.39 is 18.1 Å². The third-order valence-electron chi connectivity index (χ3n) is 4.42. The smallest absolute Gasteiger partial charge is 0.317 e. The van der Waals surface area contributed by atoms with E-state index in [1.165, 1.54) is 24.1 Å². The standard InChI is InChI=1S/C16H22ClN3O5/c1-8-12(3-4-20(16(8)24)7-14(21)22)19-15(23)9-5-10(17)11(18)6-13(9)25-2/h5-6,8,12,16,24H,3-4,7,18H2,1-2H3,(H,19,23)(H,21,22)/t8-,12?,16+/m0/s1. The number of likely N-dealkylation sites (tertiary alicyclic amines) is 1. The van der Waals surface area contributed by atoms with Crippen molar-refractivity contribution in [2.24, 2.45) is 5.92 Å². The summed E-state index contributed by atoms with van der Waals surface area (Å²) in [4.78, 5) is 24.9. The first-order valence-corrected chi connectivity index (χ1v) is 8.20. The summed E-state index contributed by atoms with van der Waals surface area (Å²) in [5.74, 6) is -1.44. The van der Waals surface area contributed by atoms with Crippen molar-refractivity contribution in [2.75, 3.05) is 25.9 Å². The van der Waals surface area contributed by atoms with E-state index in [0.717, 1.165) is 0 Å². The number of hydrogen-bond donors (Lipinski definition) is 4. The minimum Gasteiger partial charge on any atom is -0.496 e. The van der Waals surface area contributed by atoms with Gasteiger partial charge in [-0.05, 0) is 12.5 Å². The predicted octanol–water partition coefficient (Wildman–Crippen LogP) is 0.774. The number of rotatable bonds is 5. The average molecular weight is 372 g/mol. The van der Waals surface area contributed by atoms with E-state index in [2.05, 4.69) is 5.32 Å². The fraction of sp³-hybridized carbons (Fsp3) is 0.500. The zero-order chi connectivity index (χ0) is 18.7. The van der Waals surface area contributed by atoms with Crippen LogP contribution in [0.5, 0.6) is 5.75 Å². The maximum atomic E-state index is 12.6. The van der Waals surface area contributed by atoms with Crippen LogP contribution in [-0.2, 0) is 4.79 Å². The fourth-order valence-electron chi connectivity index (χ4n) is 2.95. The molecule has 0 radical (unpaired) electrons. The van der Waals surface area contributed by atoms with E-state index in [1.807, 2.05) is 0 Å². The number of carbonyl (C=O) groups is 2. The molecule has 0 aromatic heterocycles. The molecule has 9 heteroatoms. The Morgan fingerprint density at radius 2 is 2.16 bits per heavy atom. The first-order valence-electron chi connectivity index (χ1n) is 7.82. The van der Waals surface area contributed by atoms with Gasteiger partial charge in [0.05, 0.1) is 29.9 Å². The Balaban J connectivity index is 2.11. The van der Waals surface area contributed by atoms with Crippen LogP contribution in [0.3, 0.4) is 0 Å². The van der Waals surface area contributed by atoms with Gasteiger partial charge in [-0.25, -0.2) is 0 Å². The van der Waals surface area contributed by atoms with Crippen LogP contribution in [0.4, 0.5) is 5.69 Å². The number of aliphatic hydroxyl groups is 1. The first kappa shape index (κ1) is 19.3. The van der Waals surface area contributed by atoms with Crippen molar-refractivity contribution in [3.8, 4) is 5.75 Å². The van der Waals surface area contributed by atoms with Crippen LogP contribution in [0.25, 0.3) is 0 Å². The van der Waals surface area contributed by atoms with Gasteiger partial charge in [0, 0.05) is 24.6 Å². The number of carboxylic acid groups (broad SMARTS) is 1. The molecule has 1 aliphatic heterocycles. The number of carbonyl (C=O) groups excluding carboxylic acids is 1. The molecule has 2 rings (SSSR count). The summed E-state index contributed by atoms with van der Waals surface area (Å²) in [7, 11) is 1.43. The number of ether oxygens (including phenoxy) is 1. The van der Waals surface area contributed by atoms with Crippen LogP contribution in [0.15, 0.2) is 12.1 Å². The van der Waals surface area contributed by atoms with E-state index in [9.17, 15) is 14.7 Å². The van der Waals surface area contributed by atoms with Crippen molar-refractivity contribution in [2.45, 2.75) is 25.6 Å². The molecule has 1 heterocycles. The number of amides is 1. The summed E-state index contributed by atoms with van der Waals surface area (Å²) in [6.07, 6.45) is -0.436. The third-order valence-corrected chi connectivity index (χ3v) is 4.75. The number of halogens is 1. The molecular weight excluding hydrogens is 350 g/mol. The number of aliphatic hydroxyl groups excluding tert-OH is 1. The largest absolute Gasteiger partial charge is 0.496 e. The second-order valence-corrected chi connectivity index (χ2v) is 6.49. The van der Waals surface area contributed by atoms with E-state index in [1.54, 1.807) is 6.92 Å². The highest BCUT2D eigenvalue weighted by molar-refractivity contribution is 6.33.